The fraction of sp³-hybridized carbons (Fsp3) is 0.150. The number of carbonyl (C=O) groups excluding carboxylic acids is 2. The Kier molecular flexibility index (Phi) is 4.07. The molecule has 1 aliphatic rings. The van der Waals surface area contributed by atoms with Crippen molar-refractivity contribution in [2.45, 2.75) is 12.5 Å². The number of nitrogens with zero attached hydrogens (tertiary/aromatic N) is 3. The van der Waals surface area contributed by atoms with Crippen molar-refractivity contribution in [2.24, 2.45) is 0 Å². The maximum Gasteiger partial charge on any atom is 0.298 e. The Labute approximate surface area is 153 Å². The van der Waals surface area contributed by atoms with Gasteiger partial charge in [-0.05, 0) is 12.1 Å². The Morgan fingerprint density at radius 3 is 2.30 bits per heavy atom. The Hall–Kier alpha value is -3.35. The number of alkyl halides is 2. The lowest BCUT2D eigenvalue weighted by atomic mass is 10.00. The molecular weight excluding hydrogens is 352 g/mol. The van der Waals surface area contributed by atoms with E-state index in [0.717, 1.165) is 0 Å². The van der Waals surface area contributed by atoms with Gasteiger partial charge in [-0.25, -0.2) is 0 Å². The minimum Gasteiger partial charge on any atom is -0.305 e. The topological polar surface area (TPSA) is 55.2 Å². The molecule has 4 rings (SSSR count). The molecule has 3 aromatic rings. The van der Waals surface area contributed by atoms with E-state index in [1.807, 2.05) is 0 Å². The number of aromatic nitrogens is 2. The zero-order valence-corrected chi connectivity index (χ0v) is 14.2. The first-order chi connectivity index (χ1) is 13.0. The van der Waals surface area contributed by atoms with Crippen LogP contribution in [0.1, 0.15) is 32.0 Å². The lowest BCUT2D eigenvalue weighted by molar-refractivity contribution is 0.0428. The molecule has 27 heavy (non-hydrogen) atoms. The summed E-state index contributed by atoms with van der Waals surface area (Å²) in [5.41, 5.74) is 0.690. The molecule has 0 N–H and O–H groups in total. The van der Waals surface area contributed by atoms with Crippen LogP contribution in [0.5, 0.6) is 0 Å². The minimum absolute atomic E-state index is 0.0914. The molecule has 0 unspecified atom stereocenters. The highest BCUT2D eigenvalue weighted by Crippen LogP contribution is 2.36. The second-order valence-corrected chi connectivity index (χ2v) is 6.23. The Morgan fingerprint density at radius 2 is 1.63 bits per heavy atom. The third-order valence-corrected chi connectivity index (χ3v) is 4.66. The molecule has 0 saturated carbocycles. The summed E-state index contributed by atoms with van der Waals surface area (Å²) in [6, 6.07) is 13.2. The van der Waals surface area contributed by atoms with E-state index >= 15 is 0 Å². The molecule has 0 saturated heterocycles. The number of amides is 1. The molecule has 2 aromatic carbocycles. The van der Waals surface area contributed by atoms with E-state index in [0.29, 0.717) is 25.1 Å². The summed E-state index contributed by atoms with van der Waals surface area (Å²) in [5.74, 6) is -3.50. The zero-order valence-electron chi connectivity index (χ0n) is 14.2. The first kappa shape index (κ1) is 17.1. The maximum atomic E-state index is 14.7. The Balaban J connectivity index is 1.63. The van der Waals surface area contributed by atoms with Gasteiger partial charge in [-0.2, -0.15) is 13.9 Å². The van der Waals surface area contributed by atoms with Crippen LogP contribution in [0.2, 0.25) is 0 Å². The van der Waals surface area contributed by atoms with E-state index in [2.05, 4.69) is 5.10 Å². The molecule has 1 aliphatic heterocycles. The van der Waals surface area contributed by atoms with Crippen LogP contribution in [0.25, 0.3) is 0 Å². The normalized spacial score (nSPS) is 14.1. The maximum absolute atomic E-state index is 14.7. The van der Waals surface area contributed by atoms with Crippen molar-refractivity contribution in [2.75, 3.05) is 11.4 Å². The molecule has 5 nitrogen and oxygen atoms in total. The number of fused-ring (bicyclic) bond motifs is 1. The summed E-state index contributed by atoms with van der Waals surface area (Å²) in [6.45, 7) is 0.775. The molecule has 0 atom stereocenters. The van der Waals surface area contributed by atoms with Crippen molar-refractivity contribution in [1.29, 1.82) is 0 Å². The van der Waals surface area contributed by atoms with Crippen LogP contribution in [0.4, 0.5) is 14.5 Å². The van der Waals surface area contributed by atoms with Gasteiger partial charge in [0.05, 0.1) is 18.3 Å². The van der Waals surface area contributed by atoms with Gasteiger partial charge in [0.25, 0.3) is 11.8 Å². The summed E-state index contributed by atoms with van der Waals surface area (Å²) in [5, 5.41) is 4.02. The van der Waals surface area contributed by atoms with Crippen molar-refractivity contribution in [1.82, 2.24) is 9.78 Å². The largest absolute Gasteiger partial charge is 0.305 e. The van der Waals surface area contributed by atoms with E-state index in [1.165, 1.54) is 52.2 Å². The van der Waals surface area contributed by atoms with E-state index in [4.69, 9.17) is 0 Å². The SMILES string of the molecule is O=Cc1cnn2c1C(=O)N(c1ccc(C(F)(F)c3ccccc3)cc1)CC2. The highest BCUT2D eigenvalue weighted by molar-refractivity contribution is 6.09. The second kappa shape index (κ2) is 6.42. The van der Waals surface area contributed by atoms with Crippen LogP contribution in [0, 0.1) is 0 Å². The van der Waals surface area contributed by atoms with Crippen molar-refractivity contribution in [3.63, 3.8) is 0 Å². The molecule has 1 aromatic heterocycles. The number of hydrogen-bond donors (Lipinski definition) is 0. The average molecular weight is 367 g/mol. The Morgan fingerprint density at radius 1 is 0.963 bits per heavy atom. The number of halogens is 2. The predicted octanol–water partition coefficient (Wildman–Crippen LogP) is 3.50. The van der Waals surface area contributed by atoms with Crippen LogP contribution < -0.4 is 4.90 Å². The third kappa shape index (κ3) is 2.81. The number of rotatable bonds is 4. The molecule has 7 heteroatoms. The second-order valence-electron chi connectivity index (χ2n) is 6.23. The highest BCUT2D eigenvalue weighted by atomic mass is 19.3. The lowest BCUT2D eigenvalue weighted by Gasteiger charge is -2.28. The first-order valence-corrected chi connectivity index (χ1v) is 8.39. The van der Waals surface area contributed by atoms with Crippen molar-refractivity contribution in [3.8, 4) is 0 Å². The third-order valence-electron chi connectivity index (χ3n) is 4.66. The summed E-state index contributed by atoms with van der Waals surface area (Å²) >= 11 is 0. The zero-order chi connectivity index (χ0) is 19.0. The fourth-order valence-corrected chi connectivity index (χ4v) is 3.22. The lowest BCUT2D eigenvalue weighted by Crippen LogP contribution is -2.41. The smallest absolute Gasteiger partial charge is 0.298 e. The summed E-state index contributed by atoms with van der Waals surface area (Å²) in [7, 11) is 0. The van der Waals surface area contributed by atoms with Gasteiger partial charge < -0.3 is 4.90 Å². The number of carbonyl (C=O) groups is 2. The van der Waals surface area contributed by atoms with Gasteiger partial charge in [0.1, 0.15) is 5.69 Å². The average Bonchev–Trinajstić information content (AvgIpc) is 3.13. The standard InChI is InChI=1S/C20H15F2N3O2/c21-20(22,15-4-2-1-3-5-15)16-6-8-17(9-7-16)24-10-11-25-18(19(24)27)14(13-26)12-23-25/h1-9,12-13H,10-11H2. The summed E-state index contributed by atoms with van der Waals surface area (Å²) < 4.78 is 30.8. The van der Waals surface area contributed by atoms with Crippen LogP contribution >= 0.6 is 0 Å². The van der Waals surface area contributed by atoms with E-state index in [1.54, 1.807) is 18.2 Å². The highest BCUT2D eigenvalue weighted by Gasteiger charge is 2.34. The van der Waals surface area contributed by atoms with Crippen LogP contribution in [0.3, 0.4) is 0 Å². The predicted molar refractivity (Wildman–Crippen MR) is 95.2 cm³/mol. The molecule has 0 radical (unpaired) electrons. The van der Waals surface area contributed by atoms with Gasteiger partial charge in [-0.3, -0.25) is 14.3 Å². The minimum atomic E-state index is -3.13. The molecular formula is C20H15F2N3O2. The van der Waals surface area contributed by atoms with Crippen LogP contribution in [0.15, 0.2) is 60.8 Å². The van der Waals surface area contributed by atoms with Gasteiger partial charge in [-0.15, -0.1) is 0 Å². The number of benzene rings is 2. The fourth-order valence-electron chi connectivity index (χ4n) is 3.22. The first-order valence-electron chi connectivity index (χ1n) is 8.39. The van der Waals surface area contributed by atoms with Crippen LogP contribution in [-0.4, -0.2) is 28.5 Å². The summed E-state index contributed by atoms with van der Waals surface area (Å²) in [6.07, 6.45) is 1.94. The van der Waals surface area contributed by atoms with Gasteiger partial charge >= 0.3 is 0 Å². The molecule has 0 fully saturated rings. The van der Waals surface area contributed by atoms with E-state index < -0.39 is 5.92 Å². The number of anilines is 1. The number of hydrogen-bond acceptors (Lipinski definition) is 3. The van der Waals surface area contributed by atoms with Gasteiger partial charge in [0, 0.05) is 23.4 Å². The van der Waals surface area contributed by atoms with Crippen molar-refractivity contribution < 1.29 is 18.4 Å². The molecule has 1 amide bonds. The number of aldehydes is 1. The monoisotopic (exact) mass is 367 g/mol. The van der Waals surface area contributed by atoms with E-state index in [9.17, 15) is 18.4 Å². The van der Waals surface area contributed by atoms with Gasteiger partial charge in [0.2, 0.25) is 0 Å². The summed E-state index contributed by atoms with van der Waals surface area (Å²) in [4.78, 5) is 25.3. The molecule has 0 bridgehead atoms. The van der Waals surface area contributed by atoms with E-state index in [-0.39, 0.29) is 28.3 Å². The molecule has 136 valence electrons. The molecule has 0 aliphatic carbocycles. The van der Waals surface area contributed by atoms with Gasteiger partial charge in [0.15, 0.2) is 6.29 Å². The van der Waals surface area contributed by atoms with Crippen molar-refractivity contribution >= 4 is 17.9 Å². The van der Waals surface area contributed by atoms with Crippen LogP contribution in [-0.2, 0) is 12.5 Å². The van der Waals surface area contributed by atoms with Crippen molar-refractivity contribution in [3.05, 3.63) is 83.2 Å². The molecule has 2 heterocycles. The molecule has 0 spiro atoms. The Bertz CT molecular complexity index is 998. The van der Waals surface area contributed by atoms with Gasteiger partial charge in [-0.1, -0.05) is 42.5 Å². The quantitative estimate of drug-likeness (QED) is 0.664.